The third-order valence-electron chi connectivity index (χ3n) is 8.53. The molecule has 1 aliphatic heterocycles. The lowest BCUT2D eigenvalue weighted by Gasteiger charge is -2.13. The molecule has 0 bridgehead atoms. The Labute approximate surface area is 231 Å². The lowest BCUT2D eigenvalue weighted by atomic mass is 9.86. The first-order chi connectivity index (χ1) is 18.2. The van der Waals surface area contributed by atoms with Crippen molar-refractivity contribution in [3.05, 3.63) is 0 Å². The van der Waals surface area contributed by atoms with E-state index in [1.54, 1.807) is 0 Å². The van der Waals surface area contributed by atoms with Crippen LogP contribution in [0.15, 0.2) is 0 Å². The van der Waals surface area contributed by atoms with Crippen LogP contribution in [0, 0.1) is 11.8 Å². The van der Waals surface area contributed by atoms with Crippen LogP contribution in [-0.2, 0) is 14.3 Å². The Balaban J connectivity index is 1.97. The van der Waals surface area contributed by atoms with Gasteiger partial charge in [0.15, 0.2) is 0 Å². The Morgan fingerprint density at radius 2 is 0.595 bits per heavy atom. The number of rotatable bonds is 28. The van der Waals surface area contributed by atoms with Gasteiger partial charge in [-0.25, -0.2) is 0 Å². The van der Waals surface area contributed by atoms with Crippen LogP contribution in [0.3, 0.4) is 0 Å². The van der Waals surface area contributed by atoms with Crippen LogP contribution < -0.4 is 0 Å². The highest BCUT2D eigenvalue weighted by Crippen LogP contribution is 2.32. The first-order valence-electron chi connectivity index (χ1n) is 17.0. The molecule has 0 aromatic carbocycles. The zero-order valence-electron chi connectivity index (χ0n) is 25.2. The van der Waals surface area contributed by atoms with Gasteiger partial charge in [0.2, 0.25) is 0 Å². The fraction of sp³-hybridized carbons (Fsp3) is 0.941. The van der Waals surface area contributed by atoms with Gasteiger partial charge in [0.05, 0.1) is 11.8 Å². The van der Waals surface area contributed by atoms with Gasteiger partial charge in [0.25, 0.3) is 0 Å². The lowest BCUT2D eigenvalue weighted by molar-refractivity contribution is -0.153. The molecule has 1 heterocycles. The van der Waals surface area contributed by atoms with E-state index in [1.807, 2.05) is 0 Å². The summed E-state index contributed by atoms with van der Waals surface area (Å²) in [6, 6.07) is 0. The van der Waals surface area contributed by atoms with Gasteiger partial charge in [0.1, 0.15) is 0 Å². The fourth-order valence-electron chi connectivity index (χ4n) is 5.98. The molecule has 1 aliphatic rings. The van der Waals surface area contributed by atoms with Crippen molar-refractivity contribution in [2.24, 2.45) is 11.8 Å². The van der Waals surface area contributed by atoms with Crippen LogP contribution in [0.4, 0.5) is 0 Å². The molecule has 0 saturated carbocycles. The molecular formula is C34H64O3. The average Bonchev–Trinajstić information content (AvgIpc) is 3.16. The molecule has 0 N–H and O–H groups in total. The van der Waals surface area contributed by atoms with Gasteiger partial charge in [-0.05, 0) is 12.8 Å². The maximum absolute atomic E-state index is 12.2. The summed E-state index contributed by atoms with van der Waals surface area (Å²) in [4.78, 5) is 24.5. The second-order valence-corrected chi connectivity index (χ2v) is 12.0. The van der Waals surface area contributed by atoms with Crippen LogP contribution in [0.2, 0.25) is 0 Å². The molecule has 2 atom stereocenters. The van der Waals surface area contributed by atoms with Crippen molar-refractivity contribution in [2.45, 2.75) is 194 Å². The summed E-state index contributed by atoms with van der Waals surface area (Å²) in [5.41, 5.74) is 0. The molecule has 0 amide bonds. The van der Waals surface area contributed by atoms with Gasteiger partial charge >= 0.3 is 11.9 Å². The quantitative estimate of drug-likeness (QED) is 0.0585. The minimum Gasteiger partial charge on any atom is -0.393 e. The van der Waals surface area contributed by atoms with Crippen molar-refractivity contribution in [3.63, 3.8) is 0 Å². The van der Waals surface area contributed by atoms with Crippen LogP contribution in [0.5, 0.6) is 0 Å². The molecule has 3 nitrogen and oxygen atoms in total. The second-order valence-electron chi connectivity index (χ2n) is 12.0. The third kappa shape index (κ3) is 18.9. The summed E-state index contributed by atoms with van der Waals surface area (Å²) >= 11 is 0. The van der Waals surface area contributed by atoms with Crippen LogP contribution in [-0.4, -0.2) is 11.9 Å². The second kappa shape index (κ2) is 25.4. The van der Waals surface area contributed by atoms with E-state index in [-0.39, 0.29) is 23.8 Å². The Morgan fingerprint density at radius 3 is 0.838 bits per heavy atom. The Hall–Kier alpha value is -0.860. The molecule has 0 radical (unpaired) electrons. The maximum Gasteiger partial charge on any atom is 0.317 e. The highest BCUT2D eigenvalue weighted by atomic mass is 16.6. The van der Waals surface area contributed by atoms with Crippen LogP contribution in [0.25, 0.3) is 0 Å². The van der Waals surface area contributed by atoms with Crippen LogP contribution >= 0.6 is 0 Å². The maximum atomic E-state index is 12.2. The Morgan fingerprint density at radius 1 is 0.378 bits per heavy atom. The number of hydrogen-bond acceptors (Lipinski definition) is 3. The molecule has 3 heteroatoms. The molecule has 218 valence electrons. The minimum absolute atomic E-state index is 0.169. The molecule has 2 unspecified atom stereocenters. The summed E-state index contributed by atoms with van der Waals surface area (Å²) in [6.07, 6.45) is 36.3. The Bertz CT molecular complexity index is 483. The first kappa shape index (κ1) is 34.2. The highest BCUT2D eigenvalue weighted by molar-refractivity contribution is 5.96. The van der Waals surface area contributed by atoms with E-state index in [1.165, 1.54) is 154 Å². The van der Waals surface area contributed by atoms with Gasteiger partial charge < -0.3 is 4.74 Å². The molecule has 37 heavy (non-hydrogen) atoms. The number of ether oxygens (including phenoxy) is 1. The predicted octanol–water partition coefficient (Wildman–Crippen LogP) is 11.3. The van der Waals surface area contributed by atoms with Gasteiger partial charge in [0, 0.05) is 0 Å². The minimum atomic E-state index is -0.247. The van der Waals surface area contributed by atoms with Crippen molar-refractivity contribution >= 4 is 11.9 Å². The summed E-state index contributed by atoms with van der Waals surface area (Å²) in [7, 11) is 0. The van der Waals surface area contributed by atoms with E-state index >= 15 is 0 Å². The van der Waals surface area contributed by atoms with Crippen LogP contribution in [0.1, 0.15) is 194 Å². The van der Waals surface area contributed by atoms with E-state index in [0.29, 0.717) is 0 Å². The Kier molecular flexibility index (Phi) is 23.5. The summed E-state index contributed by atoms with van der Waals surface area (Å²) in [5, 5.41) is 0. The molecule has 1 fully saturated rings. The van der Waals surface area contributed by atoms with E-state index in [2.05, 4.69) is 13.8 Å². The van der Waals surface area contributed by atoms with E-state index in [9.17, 15) is 9.59 Å². The number of cyclic esters (lactones) is 2. The predicted molar refractivity (Wildman–Crippen MR) is 159 cm³/mol. The molecule has 0 aromatic heterocycles. The summed E-state index contributed by atoms with van der Waals surface area (Å²) < 4.78 is 5.04. The lowest BCUT2D eigenvalue weighted by Crippen LogP contribution is -2.18. The smallest absolute Gasteiger partial charge is 0.317 e. The highest BCUT2D eigenvalue weighted by Gasteiger charge is 2.42. The molecule has 1 rings (SSSR count). The zero-order valence-corrected chi connectivity index (χ0v) is 25.2. The standard InChI is InChI=1S/C34H64O3/c1-3-5-7-9-11-13-15-17-19-21-23-25-27-29-31-32(34(36)37-33(31)35)30-28-26-24-22-20-18-16-14-12-10-8-6-4-2/h31-32H,3-30H2,1-2H3. The SMILES string of the molecule is CCCCCCCCCCCCCCCC1C(=O)OC(=O)C1CCCCCCCCCCCCCCC. The van der Waals surface area contributed by atoms with E-state index < -0.39 is 0 Å². The molecule has 1 saturated heterocycles. The van der Waals surface area contributed by atoms with Crippen molar-refractivity contribution in [1.29, 1.82) is 0 Å². The first-order valence-corrected chi connectivity index (χ1v) is 17.0. The number of hydrogen-bond donors (Lipinski definition) is 0. The topological polar surface area (TPSA) is 43.4 Å². The number of esters is 2. The van der Waals surface area contributed by atoms with Crippen molar-refractivity contribution in [2.75, 3.05) is 0 Å². The zero-order chi connectivity index (χ0) is 26.8. The van der Waals surface area contributed by atoms with E-state index in [0.717, 1.165) is 25.7 Å². The fourth-order valence-corrected chi connectivity index (χ4v) is 5.98. The van der Waals surface area contributed by atoms with E-state index in [4.69, 9.17) is 4.74 Å². The number of unbranched alkanes of at least 4 members (excludes halogenated alkanes) is 24. The molecule has 0 spiro atoms. The third-order valence-corrected chi connectivity index (χ3v) is 8.53. The van der Waals surface area contributed by atoms with Crippen molar-refractivity contribution in [1.82, 2.24) is 0 Å². The molecular weight excluding hydrogens is 456 g/mol. The normalized spacial score (nSPS) is 17.6. The number of carbonyl (C=O) groups is 2. The molecule has 0 aromatic rings. The summed E-state index contributed by atoms with van der Waals surface area (Å²) in [6.45, 7) is 4.55. The average molecular weight is 521 g/mol. The van der Waals surface area contributed by atoms with Crippen molar-refractivity contribution in [3.8, 4) is 0 Å². The number of carbonyl (C=O) groups excluding carboxylic acids is 2. The van der Waals surface area contributed by atoms with Gasteiger partial charge in [-0.1, -0.05) is 181 Å². The summed E-state index contributed by atoms with van der Waals surface area (Å²) in [5.74, 6) is -0.831. The van der Waals surface area contributed by atoms with Gasteiger partial charge in [-0.3, -0.25) is 9.59 Å². The van der Waals surface area contributed by atoms with Crippen molar-refractivity contribution < 1.29 is 14.3 Å². The monoisotopic (exact) mass is 520 g/mol. The molecule has 0 aliphatic carbocycles. The van der Waals surface area contributed by atoms with Gasteiger partial charge in [-0.15, -0.1) is 0 Å². The largest absolute Gasteiger partial charge is 0.393 e. The van der Waals surface area contributed by atoms with Gasteiger partial charge in [-0.2, -0.15) is 0 Å².